The summed E-state index contributed by atoms with van der Waals surface area (Å²) in [5.41, 5.74) is -0.514. The number of hydrogen-bond donors (Lipinski definition) is 0. The Balaban J connectivity index is 1.44. The molecule has 1 unspecified atom stereocenters. The Labute approximate surface area is 198 Å². The monoisotopic (exact) mass is 498 g/mol. The number of amides is 2. The molecule has 3 heterocycles. The number of benzene rings is 1. The standard InChI is InChI=1S/C22H22ClF3N4O4/c1-33-17-4-3-14(10-18(17)34-2)30-19(31)11-16(21(30)32)28-5-7-29(8-6-28)20-15(23)9-13(12-27-20)22(24,25)26/h3-4,9-10,12,16H,5-8,11H2,1-2H3. The van der Waals surface area contributed by atoms with Gasteiger partial charge in [0.05, 0.1) is 43.0 Å². The summed E-state index contributed by atoms with van der Waals surface area (Å²) in [5.74, 6) is 0.482. The number of halogens is 4. The number of alkyl halides is 3. The first-order chi connectivity index (χ1) is 16.1. The van der Waals surface area contributed by atoms with E-state index in [0.29, 0.717) is 43.4 Å². The molecule has 4 rings (SSSR count). The quantitative estimate of drug-likeness (QED) is 0.586. The summed E-state index contributed by atoms with van der Waals surface area (Å²) in [7, 11) is 2.96. The summed E-state index contributed by atoms with van der Waals surface area (Å²) in [6, 6.07) is 5.06. The van der Waals surface area contributed by atoms with Crippen LogP contribution in [0.3, 0.4) is 0 Å². The number of anilines is 2. The van der Waals surface area contributed by atoms with Gasteiger partial charge in [0, 0.05) is 38.4 Å². The number of rotatable bonds is 5. The van der Waals surface area contributed by atoms with E-state index in [1.165, 1.54) is 14.2 Å². The fraction of sp³-hybridized carbons (Fsp3) is 0.409. The Morgan fingerprint density at radius 2 is 1.71 bits per heavy atom. The summed E-state index contributed by atoms with van der Waals surface area (Å²) in [6.45, 7) is 1.63. The predicted molar refractivity (Wildman–Crippen MR) is 118 cm³/mol. The van der Waals surface area contributed by atoms with Gasteiger partial charge in [-0.1, -0.05) is 11.6 Å². The maximum absolute atomic E-state index is 13.1. The van der Waals surface area contributed by atoms with Gasteiger partial charge in [-0.25, -0.2) is 9.88 Å². The smallest absolute Gasteiger partial charge is 0.417 e. The molecule has 0 aliphatic carbocycles. The maximum Gasteiger partial charge on any atom is 0.417 e. The third kappa shape index (κ3) is 4.49. The lowest BCUT2D eigenvalue weighted by Gasteiger charge is -2.37. The van der Waals surface area contributed by atoms with E-state index in [1.54, 1.807) is 23.1 Å². The van der Waals surface area contributed by atoms with Crippen LogP contribution in [0.5, 0.6) is 11.5 Å². The third-order valence-electron chi connectivity index (χ3n) is 5.95. The largest absolute Gasteiger partial charge is 0.493 e. The fourth-order valence-corrected chi connectivity index (χ4v) is 4.49. The van der Waals surface area contributed by atoms with Gasteiger partial charge in [-0.2, -0.15) is 13.2 Å². The summed E-state index contributed by atoms with van der Waals surface area (Å²) >= 11 is 6.07. The van der Waals surface area contributed by atoms with Gasteiger partial charge >= 0.3 is 6.18 Å². The second-order valence-electron chi connectivity index (χ2n) is 7.88. The molecule has 2 saturated heterocycles. The number of nitrogens with zero attached hydrogens (tertiary/aromatic N) is 4. The van der Waals surface area contributed by atoms with Crippen LogP contribution < -0.4 is 19.3 Å². The van der Waals surface area contributed by atoms with Crippen molar-refractivity contribution in [1.29, 1.82) is 0 Å². The first-order valence-electron chi connectivity index (χ1n) is 10.4. The Morgan fingerprint density at radius 3 is 2.29 bits per heavy atom. The average molecular weight is 499 g/mol. The van der Waals surface area contributed by atoms with Gasteiger partial charge in [0.2, 0.25) is 5.91 Å². The SMILES string of the molecule is COc1ccc(N2C(=O)CC(N3CCN(c4ncc(C(F)(F)F)cc4Cl)CC3)C2=O)cc1OC. The van der Waals surface area contributed by atoms with Crippen LogP contribution in [0, 0.1) is 0 Å². The Morgan fingerprint density at radius 1 is 1.03 bits per heavy atom. The molecule has 0 radical (unpaired) electrons. The van der Waals surface area contributed by atoms with Crippen LogP contribution in [0.25, 0.3) is 0 Å². The topological polar surface area (TPSA) is 75.2 Å². The highest BCUT2D eigenvalue weighted by Gasteiger charge is 2.43. The lowest BCUT2D eigenvalue weighted by Crippen LogP contribution is -2.52. The minimum absolute atomic E-state index is 0.0342. The zero-order valence-corrected chi connectivity index (χ0v) is 19.2. The van der Waals surface area contributed by atoms with Crippen molar-refractivity contribution in [2.45, 2.75) is 18.6 Å². The van der Waals surface area contributed by atoms with Gasteiger partial charge in [0.25, 0.3) is 5.91 Å². The second-order valence-corrected chi connectivity index (χ2v) is 8.28. The van der Waals surface area contributed by atoms with Crippen molar-refractivity contribution in [2.24, 2.45) is 0 Å². The molecule has 2 aliphatic rings. The number of carbonyl (C=O) groups excluding carboxylic acids is 2. The molecule has 0 spiro atoms. The molecular weight excluding hydrogens is 477 g/mol. The predicted octanol–water partition coefficient (Wildman–Crippen LogP) is 3.23. The highest BCUT2D eigenvalue weighted by Crippen LogP contribution is 2.36. The molecule has 12 heteroatoms. The van der Waals surface area contributed by atoms with E-state index < -0.39 is 17.8 Å². The van der Waals surface area contributed by atoms with Crippen molar-refractivity contribution in [2.75, 3.05) is 50.2 Å². The normalized spacial score (nSPS) is 19.6. The van der Waals surface area contributed by atoms with E-state index in [0.717, 1.165) is 17.2 Å². The molecule has 2 aliphatic heterocycles. The summed E-state index contributed by atoms with van der Waals surface area (Å²) in [4.78, 5) is 34.6. The molecule has 8 nitrogen and oxygen atoms in total. The van der Waals surface area contributed by atoms with Crippen molar-refractivity contribution in [1.82, 2.24) is 9.88 Å². The van der Waals surface area contributed by atoms with Crippen LogP contribution >= 0.6 is 11.6 Å². The Kier molecular flexibility index (Phi) is 6.59. The first kappa shape index (κ1) is 24.1. The number of ether oxygens (including phenoxy) is 2. The van der Waals surface area contributed by atoms with Crippen molar-refractivity contribution in [3.8, 4) is 11.5 Å². The van der Waals surface area contributed by atoms with E-state index >= 15 is 0 Å². The summed E-state index contributed by atoms with van der Waals surface area (Å²) in [5, 5.41) is -0.0879. The van der Waals surface area contributed by atoms with Crippen LogP contribution in [0.4, 0.5) is 24.7 Å². The minimum Gasteiger partial charge on any atom is -0.493 e. The first-order valence-corrected chi connectivity index (χ1v) is 10.8. The van der Waals surface area contributed by atoms with E-state index in [2.05, 4.69) is 4.98 Å². The molecule has 0 bridgehead atoms. The van der Waals surface area contributed by atoms with Gasteiger partial charge in [0.15, 0.2) is 11.5 Å². The lowest BCUT2D eigenvalue weighted by atomic mass is 10.1. The van der Waals surface area contributed by atoms with Crippen molar-refractivity contribution in [3.63, 3.8) is 0 Å². The number of aromatic nitrogens is 1. The zero-order chi connectivity index (χ0) is 24.6. The molecule has 1 aromatic heterocycles. The van der Waals surface area contributed by atoms with E-state index in [-0.39, 0.29) is 29.1 Å². The highest BCUT2D eigenvalue weighted by atomic mass is 35.5. The van der Waals surface area contributed by atoms with Crippen molar-refractivity contribution < 1.29 is 32.2 Å². The van der Waals surface area contributed by atoms with Gasteiger partial charge in [0.1, 0.15) is 5.82 Å². The number of methoxy groups -OCH3 is 2. The van der Waals surface area contributed by atoms with Gasteiger partial charge in [-0.15, -0.1) is 0 Å². The molecule has 2 fully saturated rings. The van der Waals surface area contributed by atoms with Gasteiger partial charge < -0.3 is 14.4 Å². The van der Waals surface area contributed by atoms with E-state index in [1.807, 2.05) is 4.90 Å². The maximum atomic E-state index is 13.1. The molecule has 0 N–H and O–H groups in total. The van der Waals surface area contributed by atoms with E-state index in [4.69, 9.17) is 21.1 Å². The Hall–Kier alpha value is -3.05. The van der Waals surface area contributed by atoms with Gasteiger partial charge in [-0.05, 0) is 18.2 Å². The van der Waals surface area contributed by atoms with Crippen LogP contribution in [-0.2, 0) is 15.8 Å². The van der Waals surface area contributed by atoms with Crippen molar-refractivity contribution in [3.05, 3.63) is 41.0 Å². The molecule has 1 aromatic carbocycles. The molecule has 182 valence electrons. The highest BCUT2D eigenvalue weighted by molar-refractivity contribution is 6.33. The molecule has 0 saturated carbocycles. The van der Waals surface area contributed by atoms with Crippen LogP contribution in [-0.4, -0.2) is 68.1 Å². The molecular formula is C22H22ClF3N4O4. The third-order valence-corrected chi connectivity index (χ3v) is 6.23. The molecule has 2 amide bonds. The fourth-order valence-electron chi connectivity index (χ4n) is 4.20. The number of hydrogen-bond acceptors (Lipinski definition) is 7. The summed E-state index contributed by atoms with van der Waals surface area (Å²) in [6.07, 6.45) is -3.73. The van der Waals surface area contributed by atoms with Gasteiger partial charge in [-0.3, -0.25) is 14.5 Å². The van der Waals surface area contributed by atoms with Crippen LogP contribution in [0.15, 0.2) is 30.5 Å². The number of pyridine rings is 1. The average Bonchev–Trinajstić information content (AvgIpc) is 3.11. The molecule has 1 atom stereocenters. The number of piperazine rings is 1. The minimum atomic E-state index is -4.52. The zero-order valence-electron chi connectivity index (χ0n) is 18.4. The molecule has 2 aromatic rings. The lowest BCUT2D eigenvalue weighted by molar-refractivity contribution is -0.137. The van der Waals surface area contributed by atoms with Crippen LogP contribution in [0.2, 0.25) is 5.02 Å². The second kappa shape index (κ2) is 9.30. The van der Waals surface area contributed by atoms with Crippen molar-refractivity contribution >= 4 is 34.9 Å². The molecule has 34 heavy (non-hydrogen) atoms. The Bertz CT molecular complexity index is 1110. The van der Waals surface area contributed by atoms with Crippen LogP contribution in [0.1, 0.15) is 12.0 Å². The number of imide groups is 1. The number of carbonyl (C=O) groups is 2. The van der Waals surface area contributed by atoms with E-state index in [9.17, 15) is 22.8 Å². The summed E-state index contributed by atoms with van der Waals surface area (Å²) < 4.78 is 49.1.